The quantitative estimate of drug-likeness (QED) is 0.707. The van der Waals surface area contributed by atoms with E-state index in [1.807, 2.05) is 11.3 Å². The summed E-state index contributed by atoms with van der Waals surface area (Å²) in [7, 11) is 0. The minimum absolute atomic E-state index is 1.15. The Balaban J connectivity index is 1.86. The molecular formula is C15H20BrNS. The highest BCUT2D eigenvalue weighted by atomic mass is 79.9. The van der Waals surface area contributed by atoms with Gasteiger partial charge in [-0.15, -0.1) is 11.3 Å². The highest BCUT2D eigenvalue weighted by Crippen LogP contribution is 2.32. The molecule has 1 N–H and O–H groups in total. The molecule has 0 spiro atoms. The van der Waals surface area contributed by atoms with Crippen LogP contribution in [0.4, 0.5) is 0 Å². The summed E-state index contributed by atoms with van der Waals surface area (Å²) in [5, 5.41) is 7.20. The first-order valence-electron chi connectivity index (χ1n) is 6.68. The van der Waals surface area contributed by atoms with E-state index >= 15 is 0 Å². The summed E-state index contributed by atoms with van der Waals surface area (Å²) < 4.78 is 2.61. The molecule has 0 atom stereocenters. The molecule has 3 heteroatoms. The van der Waals surface area contributed by atoms with Crippen LogP contribution in [-0.4, -0.2) is 13.1 Å². The van der Waals surface area contributed by atoms with Gasteiger partial charge in [0, 0.05) is 9.17 Å². The smallest absolute Gasteiger partial charge is 0.0487 e. The van der Waals surface area contributed by atoms with Crippen molar-refractivity contribution in [2.75, 3.05) is 13.1 Å². The third kappa shape index (κ3) is 3.56. The van der Waals surface area contributed by atoms with Crippen molar-refractivity contribution in [1.82, 2.24) is 5.32 Å². The fourth-order valence-corrected chi connectivity index (χ4v) is 3.79. The van der Waals surface area contributed by atoms with Crippen LogP contribution in [0.2, 0.25) is 0 Å². The average molecular weight is 326 g/mol. The zero-order valence-electron chi connectivity index (χ0n) is 10.8. The van der Waals surface area contributed by atoms with Crippen LogP contribution in [0, 0.1) is 0 Å². The van der Waals surface area contributed by atoms with Crippen molar-refractivity contribution in [3.05, 3.63) is 33.6 Å². The van der Waals surface area contributed by atoms with Crippen molar-refractivity contribution in [2.45, 2.75) is 32.6 Å². The van der Waals surface area contributed by atoms with Crippen LogP contribution in [0.5, 0.6) is 0 Å². The van der Waals surface area contributed by atoms with E-state index < -0.39 is 0 Å². The highest BCUT2D eigenvalue weighted by Gasteiger charge is 2.05. The van der Waals surface area contributed by atoms with Gasteiger partial charge >= 0.3 is 0 Å². The number of halogens is 1. The molecule has 2 rings (SSSR count). The van der Waals surface area contributed by atoms with E-state index in [1.54, 1.807) is 0 Å². The van der Waals surface area contributed by atoms with E-state index in [1.165, 1.54) is 45.8 Å². The summed E-state index contributed by atoms with van der Waals surface area (Å²) >= 11 is 5.47. The second kappa shape index (κ2) is 7.27. The number of aryl methyl sites for hydroxylation is 1. The number of rotatable bonds is 7. The van der Waals surface area contributed by atoms with Crippen molar-refractivity contribution < 1.29 is 0 Å². The zero-order chi connectivity index (χ0) is 12.8. The van der Waals surface area contributed by atoms with Gasteiger partial charge in [-0.05, 0) is 77.1 Å². The standard InChI is InChI=1S/C15H20BrNS/c1-2-9-17-10-4-3-6-12-11-18-15-13(12)7-5-8-14(15)16/h5,7-8,11,17H,2-4,6,9-10H2,1H3. The number of thiophene rings is 1. The van der Waals surface area contributed by atoms with Crippen molar-refractivity contribution in [3.63, 3.8) is 0 Å². The van der Waals surface area contributed by atoms with Gasteiger partial charge in [0.2, 0.25) is 0 Å². The van der Waals surface area contributed by atoms with Crippen molar-refractivity contribution in [2.24, 2.45) is 0 Å². The molecule has 0 radical (unpaired) electrons. The molecule has 0 aliphatic carbocycles. The number of unbranched alkanes of at least 4 members (excludes halogenated alkanes) is 1. The molecule has 0 aliphatic heterocycles. The molecule has 1 heterocycles. The van der Waals surface area contributed by atoms with Crippen molar-refractivity contribution >= 4 is 37.4 Å². The molecular weight excluding hydrogens is 306 g/mol. The first-order valence-corrected chi connectivity index (χ1v) is 8.35. The second-order valence-electron chi connectivity index (χ2n) is 4.58. The first kappa shape index (κ1) is 14.0. The van der Waals surface area contributed by atoms with E-state index in [9.17, 15) is 0 Å². The summed E-state index contributed by atoms with van der Waals surface area (Å²) in [4.78, 5) is 0. The van der Waals surface area contributed by atoms with Crippen LogP contribution in [0.25, 0.3) is 10.1 Å². The maximum absolute atomic E-state index is 3.62. The van der Waals surface area contributed by atoms with Crippen molar-refractivity contribution in [1.29, 1.82) is 0 Å². The predicted molar refractivity (Wildman–Crippen MR) is 85.6 cm³/mol. The van der Waals surface area contributed by atoms with Crippen LogP contribution in [0.15, 0.2) is 28.1 Å². The normalized spacial score (nSPS) is 11.2. The zero-order valence-corrected chi connectivity index (χ0v) is 13.2. The minimum Gasteiger partial charge on any atom is -0.317 e. The van der Waals surface area contributed by atoms with Crippen LogP contribution >= 0.6 is 27.3 Å². The first-order chi connectivity index (χ1) is 8.83. The molecule has 0 bridgehead atoms. The molecule has 18 heavy (non-hydrogen) atoms. The van der Waals surface area contributed by atoms with E-state index in [-0.39, 0.29) is 0 Å². The summed E-state index contributed by atoms with van der Waals surface area (Å²) in [6.07, 6.45) is 4.97. The SMILES string of the molecule is CCCNCCCCc1csc2c(Br)cccc12. The predicted octanol–water partition coefficient (Wildman–Crippen LogP) is 4.99. The molecule has 0 saturated heterocycles. The van der Waals surface area contributed by atoms with Crippen LogP contribution < -0.4 is 5.32 Å². The van der Waals surface area contributed by atoms with E-state index in [0.29, 0.717) is 0 Å². The van der Waals surface area contributed by atoms with Crippen molar-refractivity contribution in [3.8, 4) is 0 Å². The monoisotopic (exact) mass is 325 g/mol. The van der Waals surface area contributed by atoms with Crippen LogP contribution in [0.3, 0.4) is 0 Å². The molecule has 2 aromatic rings. The van der Waals surface area contributed by atoms with E-state index in [4.69, 9.17) is 0 Å². The van der Waals surface area contributed by atoms with Gasteiger partial charge in [-0.3, -0.25) is 0 Å². The van der Waals surface area contributed by atoms with E-state index in [2.05, 4.69) is 51.7 Å². The van der Waals surface area contributed by atoms with Crippen LogP contribution in [-0.2, 0) is 6.42 Å². The van der Waals surface area contributed by atoms with Gasteiger partial charge < -0.3 is 5.32 Å². The Morgan fingerprint density at radius 3 is 2.94 bits per heavy atom. The Labute approximate surface area is 122 Å². The molecule has 0 saturated carbocycles. The second-order valence-corrected chi connectivity index (χ2v) is 6.32. The fourth-order valence-electron chi connectivity index (χ4n) is 2.14. The van der Waals surface area contributed by atoms with Crippen LogP contribution in [0.1, 0.15) is 31.7 Å². The van der Waals surface area contributed by atoms with Gasteiger partial charge in [0.05, 0.1) is 0 Å². The molecule has 0 unspecified atom stereocenters. The molecule has 0 amide bonds. The lowest BCUT2D eigenvalue weighted by Crippen LogP contribution is -2.15. The van der Waals surface area contributed by atoms with Gasteiger partial charge in [-0.1, -0.05) is 19.1 Å². The molecule has 1 nitrogen and oxygen atoms in total. The van der Waals surface area contributed by atoms with Gasteiger partial charge in [0.15, 0.2) is 0 Å². The fraction of sp³-hybridized carbons (Fsp3) is 0.467. The number of benzene rings is 1. The Bertz CT molecular complexity index is 492. The summed E-state index contributed by atoms with van der Waals surface area (Å²) in [5.74, 6) is 0. The molecule has 0 fully saturated rings. The summed E-state index contributed by atoms with van der Waals surface area (Å²) in [5.41, 5.74) is 1.51. The van der Waals surface area contributed by atoms with Gasteiger partial charge in [0.25, 0.3) is 0 Å². The van der Waals surface area contributed by atoms with Gasteiger partial charge in [-0.2, -0.15) is 0 Å². The Morgan fingerprint density at radius 2 is 2.11 bits per heavy atom. The molecule has 98 valence electrons. The molecule has 1 aromatic heterocycles. The van der Waals surface area contributed by atoms with Gasteiger partial charge in [0.1, 0.15) is 0 Å². The maximum Gasteiger partial charge on any atom is 0.0487 e. The number of hydrogen-bond donors (Lipinski definition) is 1. The lowest BCUT2D eigenvalue weighted by molar-refractivity contribution is 0.617. The Kier molecular flexibility index (Phi) is 5.67. The summed E-state index contributed by atoms with van der Waals surface area (Å²) in [6.45, 7) is 4.51. The Morgan fingerprint density at radius 1 is 1.22 bits per heavy atom. The number of hydrogen-bond acceptors (Lipinski definition) is 2. The number of fused-ring (bicyclic) bond motifs is 1. The highest BCUT2D eigenvalue weighted by molar-refractivity contribution is 9.10. The Hall–Kier alpha value is -0.380. The van der Waals surface area contributed by atoms with E-state index in [0.717, 1.165) is 13.1 Å². The van der Waals surface area contributed by atoms with Gasteiger partial charge in [-0.25, -0.2) is 0 Å². The largest absolute Gasteiger partial charge is 0.317 e. The topological polar surface area (TPSA) is 12.0 Å². The molecule has 0 aliphatic rings. The minimum atomic E-state index is 1.15. The third-order valence-electron chi connectivity index (χ3n) is 3.11. The lowest BCUT2D eigenvalue weighted by atomic mass is 10.1. The lowest BCUT2D eigenvalue weighted by Gasteiger charge is -2.03. The average Bonchev–Trinajstić information content (AvgIpc) is 2.79. The molecule has 1 aromatic carbocycles. The maximum atomic E-state index is 3.62. The summed E-state index contributed by atoms with van der Waals surface area (Å²) in [6, 6.07) is 6.49. The number of nitrogens with one attached hydrogen (secondary N) is 1. The third-order valence-corrected chi connectivity index (χ3v) is 5.11.